The Morgan fingerprint density at radius 1 is 1.17 bits per heavy atom. The summed E-state index contributed by atoms with van der Waals surface area (Å²) in [6.07, 6.45) is 3.39. The van der Waals surface area contributed by atoms with Gasteiger partial charge in [0.1, 0.15) is 5.69 Å². The molecule has 0 aromatic carbocycles. The fraction of sp³-hybridized carbons (Fsp3) is 0.619. The number of halogens is 1. The van der Waals surface area contributed by atoms with Crippen LogP contribution >= 0.6 is 24.0 Å². The second-order valence-electron chi connectivity index (χ2n) is 7.45. The van der Waals surface area contributed by atoms with Gasteiger partial charge in [0.15, 0.2) is 11.8 Å². The van der Waals surface area contributed by atoms with Crippen molar-refractivity contribution >= 4 is 29.9 Å². The van der Waals surface area contributed by atoms with Gasteiger partial charge in [-0.2, -0.15) is 4.98 Å². The quantitative estimate of drug-likeness (QED) is 0.200. The number of nitrogens with one attached hydrogen (secondary N) is 2. The van der Waals surface area contributed by atoms with E-state index in [4.69, 9.17) is 4.52 Å². The summed E-state index contributed by atoms with van der Waals surface area (Å²) in [5.41, 5.74) is 0.686. The Labute approximate surface area is 197 Å². The van der Waals surface area contributed by atoms with Crippen LogP contribution in [0.4, 0.5) is 0 Å². The maximum atomic E-state index is 5.29. The Balaban J connectivity index is 0.00000450. The predicted octanol–water partition coefficient (Wildman–Crippen LogP) is 3.36. The molecule has 2 heterocycles. The molecule has 0 saturated heterocycles. The van der Waals surface area contributed by atoms with Gasteiger partial charge in [-0.05, 0) is 53.2 Å². The van der Waals surface area contributed by atoms with Crippen LogP contribution in [0.1, 0.15) is 46.9 Å². The fourth-order valence-corrected chi connectivity index (χ4v) is 3.14. The minimum absolute atomic E-state index is 0. The molecule has 0 saturated carbocycles. The lowest BCUT2D eigenvalue weighted by Gasteiger charge is -2.30. The van der Waals surface area contributed by atoms with Crippen LogP contribution in [-0.2, 0) is 6.42 Å². The maximum Gasteiger partial charge on any atom is 0.276 e. The van der Waals surface area contributed by atoms with Crippen molar-refractivity contribution in [2.75, 3.05) is 26.2 Å². The molecule has 2 aromatic heterocycles. The molecule has 9 heteroatoms. The largest absolute Gasteiger partial charge is 0.357 e. The van der Waals surface area contributed by atoms with Crippen LogP contribution in [0.5, 0.6) is 0 Å². The van der Waals surface area contributed by atoms with Gasteiger partial charge in [-0.25, -0.2) is 0 Å². The molecular formula is C21H36IN7O. The molecule has 2 aromatic rings. The van der Waals surface area contributed by atoms with Crippen molar-refractivity contribution < 1.29 is 4.52 Å². The molecule has 0 aliphatic heterocycles. The molecule has 0 bridgehead atoms. The van der Waals surface area contributed by atoms with Gasteiger partial charge in [0.2, 0.25) is 0 Å². The van der Waals surface area contributed by atoms with E-state index in [0.717, 1.165) is 32.0 Å². The molecule has 2 N–H and O–H groups in total. The second kappa shape index (κ2) is 14.3. The summed E-state index contributed by atoms with van der Waals surface area (Å²) in [4.78, 5) is 15.8. The van der Waals surface area contributed by atoms with Gasteiger partial charge in [-0.15, -0.1) is 24.0 Å². The van der Waals surface area contributed by atoms with Gasteiger partial charge in [-0.3, -0.25) is 14.9 Å². The van der Waals surface area contributed by atoms with Crippen LogP contribution in [0.3, 0.4) is 0 Å². The van der Waals surface area contributed by atoms with Crippen LogP contribution in [0.2, 0.25) is 0 Å². The molecule has 0 radical (unpaired) electrons. The number of pyridine rings is 1. The smallest absolute Gasteiger partial charge is 0.276 e. The van der Waals surface area contributed by atoms with Gasteiger partial charge in [0, 0.05) is 50.9 Å². The van der Waals surface area contributed by atoms with E-state index in [0.29, 0.717) is 42.5 Å². The Morgan fingerprint density at radius 2 is 1.93 bits per heavy atom. The Kier molecular flexibility index (Phi) is 12.5. The molecule has 2 rings (SSSR count). The van der Waals surface area contributed by atoms with Crippen LogP contribution < -0.4 is 10.6 Å². The standard InChI is InChI=1S/C21H35N7O.HI/c1-6-22-21(24-13-9-15-28(16(2)3)17(4)5)25-14-11-19-26-20(29-27-19)18-10-7-8-12-23-18;/h7-8,10,12,16-17H,6,9,11,13-15H2,1-5H3,(H2,22,24,25);1H. The summed E-state index contributed by atoms with van der Waals surface area (Å²) in [5.74, 6) is 1.92. The van der Waals surface area contributed by atoms with E-state index >= 15 is 0 Å². The molecule has 8 nitrogen and oxygen atoms in total. The molecule has 30 heavy (non-hydrogen) atoms. The van der Waals surface area contributed by atoms with E-state index in [1.807, 2.05) is 18.2 Å². The van der Waals surface area contributed by atoms with Crippen LogP contribution in [-0.4, -0.2) is 64.2 Å². The molecule has 168 valence electrons. The lowest BCUT2D eigenvalue weighted by molar-refractivity contribution is 0.174. The van der Waals surface area contributed by atoms with Crippen molar-refractivity contribution in [1.29, 1.82) is 0 Å². The van der Waals surface area contributed by atoms with Crippen molar-refractivity contribution in [3.63, 3.8) is 0 Å². The number of nitrogens with zero attached hydrogens (tertiary/aromatic N) is 5. The zero-order valence-electron chi connectivity index (χ0n) is 18.8. The zero-order valence-corrected chi connectivity index (χ0v) is 21.1. The number of aromatic nitrogens is 3. The summed E-state index contributed by atoms with van der Waals surface area (Å²) >= 11 is 0. The summed E-state index contributed by atoms with van der Waals surface area (Å²) in [7, 11) is 0. The topological polar surface area (TPSA) is 91.5 Å². The minimum atomic E-state index is 0. The van der Waals surface area contributed by atoms with Crippen molar-refractivity contribution in [2.45, 2.75) is 59.5 Å². The number of aliphatic imine (C=N–C) groups is 1. The first-order chi connectivity index (χ1) is 14.0. The molecule has 0 atom stereocenters. The molecule has 0 fully saturated rings. The van der Waals surface area contributed by atoms with Crippen LogP contribution in [0.15, 0.2) is 33.9 Å². The number of guanidine groups is 1. The maximum absolute atomic E-state index is 5.29. The Bertz CT molecular complexity index is 726. The van der Waals surface area contributed by atoms with Crippen molar-refractivity contribution in [3.05, 3.63) is 30.2 Å². The highest BCUT2D eigenvalue weighted by atomic mass is 127. The van der Waals surface area contributed by atoms with E-state index in [2.05, 4.69) is 70.3 Å². The van der Waals surface area contributed by atoms with E-state index in [-0.39, 0.29) is 24.0 Å². The molecule has 0 spiro atoms. The molecule has 0 unspecified atom stereocenters. The molecule has 0 amide bonds. The van der Waals surface area contributed by atoms with E-state index in [9.17, 15) is 0 Å². The number of rotatable bonds is 11. The van der Waals surface area contributed by atoms with Gasteiger partial charge in [0.25, 0.3) is 5.89 Å². The Morgan fingerprint density at radius 3 is 2.57 bits per heavy atom. The summed E-state index contributed by atoms with van der Waals surface area (Å²) in [6, 6.07) is 6.71. The van der Waals surface area contributed by atoms with Gasteiger partial charge >= 0.3 is 0 Å². The lowest BCUT2D eigenvalue weighted by atomic mass is 10.2. The SMILES string of the molecule is CCNC(=NCCCN(C(C)C)C(C)C)NCCc1noc(-c2ccccn2)n1.I. The highest BCUT2D eigenvalue weighted by Gasteiger charge is 2.12. The van der Waals surface area contributed by atoms with Gasteiger partial charge in [0.05, 0.1) is 0 Å². The van der Waals surface area contributed by atoms with E-state index < -0.39 is 0 Å². The van der Waals surface area contributed by atoms with Crippen molar-refractivity contribution in [3.8, 4) is 11.6 Å². The lowest BCUT2D eigenvalue weighted by Crippen LogP contribution is -2.39. The van der Waals surface area contributed by atoms with Crippen LogP contribution in [0.25, 0.3) is 11.6 Å². The first-order valence-corrected chi connectivity index (χ1v) is 10.5. The highest BCUT2D eigenvalue weighted by molar-refractivity contribution is 14.0. The molecular weight excluding hydrogens is 493 g/mol. The normalized spacial score (nSPS) is 11.8. The predicted molar refractivity (Wildman–Crippen MR) is 132 cm³/mol. The van der Waals surface area contributed by atoms with Gasteiger partial charge in [-0.1, -0.05) is 11.2 Å². The third-order valence-corrected chi connectivity index (χ3v) is 4.51. The first kappa shape index (κ1) is 26.3. The first-order valence-electron chi connectivity index (χ1n) is 10.5. The van der Waals surface area contributed by atoms with Crippen LogP contribution in [0, 0.1) is 0 Å². The second-order valence-corrected chi connectivity index (χ2v) is 7.45. The Hall–Kier alpha value is -1.75. The summed E-state index contributed by atoms with van der Waals surface area (Å²) < 4.78 is 5.29. The molecule has 0 aliphatic carbocycles. The van der Waals surface area contributed by atoms with Gasteiger partial charge < -0.3 is 15.2 Å². The number of hydrogen-bond acceptors (Lipinski definition) is 6. The zero-order chi connectivity index (χ0) is 21.1. The number of hydrogen-bond donors (Lipinski definition) is 2. The third-order valence-electron chi connectivity index (χ3n) is 4.51. The monoisotopic (exact) mass is 529 g/mol. The van der Waals surface area contributed by atoms with E-state index in [1.165, 1.54) is 0 Å². The average Bonchev–Trinajstić information content (AvgIpc) is 3.17. The van der Waals surface area contributed by atoms with E-state index in [1.54, 1.807) is 6.20 Å². The summed E-state index contributed by atoms with van der Waals surface area (Å²) in [5, 5.41) is 10.7. The summed E-state index contributed by atoms with van der Waals surface area (Å²) in [6.45, 7) is 14.4. The fourth-order valence-electron chi connectivity index (χ4n) is 3.14. The minimum Gasteiger partial charge on any atom is -0.357 e. The van der Waals surface area contributed by atoms with Crippen molar-refractivity contribution in [1.82, 2.24) is 30.7 Å². The highest BCUT2D eigenvalue weighted by Crippen LogP contribution is 2.13. The average molecular weight is 529 g/mol. The third kappa shape index (κ3) is 8.95. The van der Waals surface area contributed by atoms with Crippen molar-refractivity contribution in [2.24, 2.45) is 4.99 Å². The molecule has 0 aliphatic rings.